The highest BCUT2D eigenvalue weighted by Crippen LogP contribution is 2.28. The van der Waals surface area contributed by atoms with Crippen molar-refractivity contribution in [2.45, 2.75) is 38.5 Å². The predicted octanol–water partition coefficient (Wildman–Crippen LogP) is 1.77. The second kappa shape index (κ2) is 4.63. The minimum absolute atomic E-state index is 0.180. The minimum atomic E-state index is -0.644. The lowest BCUT2D eigenvalue weighted by Gasteiger charge is -2.39. The number of nitrogens with zero attached hydrogens (tertiary/aromatic N) is 3. The standard InChI is InChI=1S/C13H20FN3O/c1-9-6-15-13(18-9)10(2)16-3-4-17-7-11(14)5-12(17)8-16/h6,10-12H,3-5,7-8H2,1-2H3/t10?,11-,12-/m0/s1. The van der Waals surface area contributed by atoms with Crippen LogP contribution in [0.3, 0.4) is 0 Å². The molecule has 1 unspecified atom stereocenters. The summed E-state index contributed by atoms with van der Waals surface area (Å²) in [4.78, 5) is 8.92. The van der Waals surface area contributed by atoms with E-state index >= 15 is 0 Å². The van der Waals surface area contributed by atoms with E-state index in [-0.39, 0.29) is 6.04 Å². The van der Waals surface area contributed by atoms with Crippen LogP contribution in [0.4, 0.5) is 4.39 Å². The second-order valence-corrected chi connectivity index (χ2v) is 5.46. The van der Waals surface area contributed by atoms with E-state index in [4.69, 9.17) is 4.42 Å². The molecule has 4 nitrogen and oxygen atoms in total. The zero-order valence-corrected chi connectivity index (χ0v) is 11.0. The molecule has 0 spiro atoms. The molecule has 0 aromatic carbocycles. The van der Waals surface area contributed by atoms with Crippen molar-refractivity contribution in [2.24, 2.45) is 0 Å². The molecule has 3 rings (SSSR count). The third-order valence-electron chi connectivity index (χ3n) is 4.14. The van der Waals surface area contributed by atoms with Crippen molar-refractivity contribution in [2.75, 3.05) is 26.2 Å². The van der Waals surface area contributed by atoms with Crippen molar-refractivity contribution in [3.05, 3.63) is 17.8 Å². The van der Waals surface area contributed by atoms with Gasteiger partial charge in [-0.2, -0.15) is 0 Å². The molecule has 1 aromatic heterocycles. The molecule has 2 aliphatic rings. The lowest BCUT2D eigenvalue weighted by molar-refractivity contribution is 0.0672. The van der Waals surface area contributed by atoms with Crippen LogP contribution >= 0.6 is 0 Å². The molecule has 1 aromatic rings. The Morgan fingerprint density at radius 3 is 3.00 bits per heavy atom. The molecule has 18 heavy (non-hydrogen) atoms. The number of hydrogen-bond acceptors (Lipinski definition) is 4. The fourth-order valence-corrected chi connectivity index (χ4v) is 3.08. The van der Waals surface area contributed by atoms with Gasteiger partial charge in [-0.15, -0.1) is 0 Å². The van der Waals surface area contributed by atoms with Gasteiger partial charge in [-0.1, -0.05) is 0 Å². The summed E-state index contributed by atoms with van der Waals surface area (Å²) < 4.78 is 19.0. The van der Waals surface area contributed by atoms with Crippen LogP contribution in [-0.4, -0.2) is 53.2 Å². The number of rotatable bonds is 2. The van der Waals surface area contributed by atoms with Crippen LogP contribution in [0, 0.1) is 6.92 Å². The summed E-state index contributed by atoms with van der Waals surface area (Å²) in [5, 5.41) is 0. The summed E-state index contributed by atoms with van der Waals surface area (Å²) in [6.07, 6.45) is 1.79. The Kier molecular flexibility index (Phi) is 3.11. The van der Waals surface area contributed by atoms with Crippen LogP contribution in [-0.2, 0) is 0 Å². The van der Waals surface area contributed by atoms with Gasteiger partial charge in [-0.3, -0.25) is 9.80 Å². The molecule has 3 heterocycles. The number of alkyl halides is 1. The lowest BCUT2D eigenvalue weighted by Crippen LogP contribution is -2.50. The predicted molar refractivity (Wildman–Crippen MR) is 66.1 cm³/mol. The normalized spacial score (nSPS) is 31.5. The maximum atomic E-state index is 13.4. The largest absolute Gasteiger partial charge is 0.444 e. The number of halogens is 1. The molecule has 100 valence electrons. The van der Waals surface area contributed by atoms with Crippen LogP contribution in [0.5, 0.6) is 0 Å². The summed E-state index contributed by atoms with van der Waals surface area (Å²) >= 11 is 0. The Morgan fingerprint density at radius 2 is 2.28 bits per heavy atom. The number of oxazole rings is 1. The monoisotopic (exact) mass is 253 g/mol. The summed E-state index contributed by atoms with van der Waals surface area (Å²) in [5.74, 6) is 1.62. The first-order chi connectivity index (χ1) is 8.63. The van der Waals surface area contributed by atoms with Gasteiger partial charge in [0, 0.05) is 32.2 Å². The van der Waals surface area contributed by atoms with E-state index in [0.717, 1.165) is 31.3 Å². The van der Waals surface area contributed by atoms with Gasteiger partial charge < -0.3 is 4.42 Å². The summed E-state index contributed by atoms with van der Waals surface area (Å²) in [5.41, 5.74) is 0. The van der Waals surface area contributed by atoms with Crippen LogP contribution in [0.15, 0.2) is 10.6 Å². The van der Waals surface area contributed by atoms with E-state index in [1.54, 1.807) is 6.20 Å². The molecule has 0 amide bonds. The quantitative estimate of drug-likeness (QED) is 0.804. The van der Waals surface area contributed by atoms with Gasteiger partial charge in [-0.25, -0.2) is 9.37 Å². The summed E-state index contributed by atoms with van der Waals surface area (Å²) in [6, 6.07) is 0.548. The number of aryl methyl sites for hydroxylation is 1. The molecule has 5 heteroatoms. The van der Waals surface area contributed by atoms with Crippen molar-refractivity contribution in [3.8, 4) is 0 Å². The Hall–Kier alpha value is -0.940. The molecular weight excluding hydrogens is 233 g/mol. The van der Waals surface area contributed by atoms with Crippen LogP contribution in [0.1, 0.15) is 31.0 Å². The number of piperazine rings is 1. The average Bonchev–Trinajstić information content (AvgIpc) is 2.92. The minimum Gasteiger partial charge on any atom is -0.444 e. The Balaban J connectivity index is 1.67. The van der Waals surface area contributed by atoms with Crippen LogP contribution in [0.2, 0.25) is 0 Å². The Morgan fingerprint density at radius 1 is 1.44 bits per heavy atom. The van der Waals surface area contributed by atoms with Crippen molar-refractivity contribution < 1.29 is 8.81 Å². The average molecular weight is 253 g/mol. The van der Waals surface area contributed by atoms with Crippen LogP contribution < -0.4 is 0 Å². The van der Waals surface area contributed by atoms with Crippen molar-refractivity contribution in [1.29, 1.82) is 0 Å². The van der Waals surface area contributed by atoms with Crippen molar-refractivity contribution in [3.63, 3.8) is 0 Å². The molecule has 0 radical (unpaired) electrons. The van der Waals surface area contributed by atoms with Crippen molar-refractivity contribution in [1.82, 2.24) is 14.8 Å². The summed E-state index contributed by atoms with van der Waals surface area (Å²) in [6.45, 7) is 7.48. The van der Waals surface area contributed by atoms with Gasteiger partial charge in [0.25, 0.3) is 0 Å². The summed E-state index contributed by atoms with van der Waals surface area (Å²) in [7, 11) is 0. The molecule has 0 N–H and O–H groups in total. The SMILES string of the molecule is Cc1cnc(C(C)N2CCN3C[C@@H](F)C[C@H]3C2)o1. The zero-order chi connectivity index (χ0) is 12.7. The lowest BCUT2D eigenvalue weighted by atomic mass is 10.1. The maximum Gasteiger partial charge on any atom is 0.211 e. The third-order valence-corrected chi connectivity index (χ3v) is 4.14. The van der Waals surface area contributed by atoms with Gasteiger partial charge in [0.05, 0.1) is 12.2 Å². The van der Waals surface area contributed by atoms with Crippen molar-refractivity contribution >= 4 is 0 Å². The highest BCUT2D eigenvalue weighted by atomic mass is 19.1. The van der Waals surface area contributed by atoms with Gasteiger partial charge in [0.1, 0.15) is 11.9 Å². The van der Waals surface area contributed by atoms with Gasteiger partial charge in [-0.05, 0) is 20.3 Å². The molecule has 0 aliphatic carbocycles. The molecule has 2 aliphatic heterocycles. The van der Waals surface area contributed by atoms with E-state index in [9.17, 15) is 4.39 Å². The van der Waals surface area contributed by atoms with E-state index in [1.165, 1.54) is 0 Å². The third kappa shape index (κ3) is 2.17. The van der Waals surface area contributed by atoms with E-state index < -0.39 is 6.17 Å². The number of hydrogen-bond donors (Lipinski definition) is 0. The fraction of sp³-hybridized carbons (Fsp3) is 0.769. The highest BCUT2D eigenvalue weighted by molar-refractivity contribution is 4.99. The van der Waals surface area contributed by atoms with Gasteiger partial charge in [0.15, 0.2) is 0 Å². The fourth-order valence-electron chi connectivity index (χ4n) is 3.08. The number of fused-ring (bicyclic) bond motifs is 1. The van der Waals surface area contributed by atoms with E-state index in [2.05, 4.69) is 21.7 Å². The highest BCUT2D eigenvalue weighted by Gasteiger charge is 2.38. The molecule has 3 atom stereocenters. The molecule has 0 saturated carbocycles. The molecule has 2 fully saturated rings. The topological polar surface area (TPSA) is 32.5 Å². The second-order valence-electron chi connectivity index (χ2n) is 5.46. The first-order valence-corrected chi connectivity index (χ1v) is 6.68. The van der Waals surface area contributed by atoms with Gasteiger partial charge >= 0.3 is 0 Å². The first-order valence-electron chi connectivity index (χ1n) is 6.68. The maximum absolute atomic E-state index is 13.4. The van der Waals surface area contributed by atoms with E-state index in [0.29, 0.717) is 19.0 Å². The smallest absolute Gasteiger partial charge is 0.211 e. The zero-order valence-electron chi connectivity index (χ0n) is 11.0. The van der Waals surface area contributed by atoms with Crippen LogP contribution in [0.25, 0.3) is 0 Å². The van der Waals surface area contributed by atoms with Gasteiger partial charge in [0.2, 0.25) is 5.89 Å². The molecular formula is C13H20FN3O. The van der Waals surface area contributed by atoms with E-state index in [1.807, 2.05) is 6.92 Å². The molecule has 2 saturated heterocycles. The Bertz CT molecular complexity index is 422. The first kappa shape index (κ1) is 12.1. The molecule has 0 bridgehead atoms. The Labute approximate surface area is 107 Å². The number of aromatic nitrogens is 1.